The molecule has 0 aliphatic rings. The zero-order chi connectivity index (χ0) is 24.3. The molecular weight excluding hydrogens is 424 g/mol. The molecule has 0 fully saturated rings. The third kappa shape index (κ3) is 24.4. The molecule has 0 heterocycles. The normalized spacial score (nSPS) is 11.3. The lowest BCUT2D eigenvalue weighted by Crippen LogP contribution is -2.37. The van der Waals surface area contributed by atoms with Crippen molar-refractivity contribution >= 4 is 17.3 Å². The molecule has 32 heavy (non-hydrogen) atoms. The van der Waals surface area contributed by atoms with Gasteiger partial charge in [0.05, 0.1) is 31.8 Å². The van der Waals surface area contributed by atoms with Gasteiger partial charge in [0.25, 0.3) is 0 Å². The highest BCUT2D eigenvalue weighted by molar-refractivity contribution is 7.80. The Morgan fingerprint density at radius 1 is 0.500 bits per heavy atom. The predicted molar refractivity (Wildman–Crippen MR) is 139 cm³/mol. The molecule has 0 saturated heterocycles. The average molecular weight is 479 g/mol. The number of aliphatic hydroxyl groups is 5. The number of hydrogen-bond donors (Lipinski definition) is 5. The first-order valence-electron chi connectivity index (χ1n) is 13.2. The van der Waals surface area contributed by atoms with Crippen LogP contribution in [-0.4, -0.2) is 57.0 Å². The maximum Gasteiger partial charge on any atom is 0.156 e. The summed E-state index contributed by atoms with van der Waals surface area (Å²) in [6.45, 7) is 0.662. The summed E-state index contributed by atoms with van der Waals surface area (Å²) in [6.07, 6.45) is 25.8. The number of unbranched alkanes of at least 4 members (excludes halogenated alkanes) is 17. The van der Waals surface area contributed by atoms with Crippen LogP contribution in [0.15, 0.2) is 0 Å². The van der Waals surface area contributed by atoms with Crippen LogP contribution in [0.1, 0.15) is 129 Å². The standard InChI is InChI=1S/C21H42OS.C5H12O4/c1-2-3-4-5-6-7-8-9-10-11-12-13-14-15-16-17-18-19-20-21(22)23;6-1-5(2-7,3-8)4-9/h2-20H2,1H3,(H,22,23);6-9H,1-4H2. The van der Waals surface area contributed by atoms with Gasteiger partial charge in [-0.05, 0) is 18.6 Å². The van der Waals surface area contributed by atoms with Crippen molar-refractivity contribution in [2.24, 2.45) is 5.41 Å². The highest BCUT2D eigenvalue weighted by Crippen LogP contribution is 2.14. The molecule has 0 amide bonds. The SMILES string of the molecule is CCCCCCCCCCCCCCCCCCCCC(O)=S.OCC(CO)(CO)CO. The summed E-state index contributed by atoms with van der Waals surface area (Å²) in [5.41, 5.74) is -1.11. The molecule has 5 nitrogen and oxygen atoms in total. The van der Waals surface area contributed by atoms with Gasteiger partial charge in [-0.25, -0.2) is 0 Å². The molecule has 5 N–H and O–H groups in total. The number of aliphatic hydroxyl groups excluding tert-OH is 5. The second kappa shape index (κ2) is 27.0. The molecule has 0 aromatic heterocycles. The number of hydrogen-bond acceptors (Lipinski definition) is 5. The molecule has 0 aliphatic heterocycles. The predicted octanol–water partition coefficient (Wildman–Crippen LogP) is 6.25. The fraction of sp³-hybridized carbons (Fsp3) is 0.962. The summed E-state index contributed by atoms with van der Waals surface area (Å²) in [5, 5.41) is 43.1. The molecule has 0 aromatic carbocycles. The highest BCUT2D eigenvalue weighted by Gasteiger charge is 2.26. The van der Waals surface area contributed by atoms with Crippen LogP contribution in [0.5, 0.6) is 0 Å². The van der Waals surface area contributed by atoms with Gasteiger partial charge < -0.3 is 25.5 Å². The summed E-state index contributed by atoms with van der Waals surface area (Å²) in [4.78, 5) is 0. The van der Waals surface area contributed by atoms with Crippen LogP contribution in [0.3, 0.4) is 0 Å². The van der Waals surface area contributed by atoms with Gasteiger partial charge in [0, 0.05) is 6.42 Å². The Labute approximate surface area is 203 Å². The molecule has 0 saturated carbocycles. The van der Waals surface area contributed by atoms with Crippen molar-refractivity contribution in [3.63, 3.8) is 0 Å². The van der Waals surface area contributed by atoms with Crippen LogP contribution in [0.2, 0.25) is 0 Å². The first-order chi connectivity index (χ1) is 15.5. The summed E-state index contributed by atoms with van der Waals surface area (Å²) in [5.74, 6) is 0. The third-order valence-electron chi connectivity index (χ3n) is 6.09. The Morgan fingerprint density at radius 2 is 0.750 bits per heavy atom. The maximum atomic E-state index is 8.92. The third-order valence-corrected chi connectivity index (χ3v) is 6.29. The Balaban J connectivity index is 0. The van der Waals surface area contributed by atoms with Gasteiger partial charge in [0.15, 0.2) is 5.05 Å². The fourth-order valence-electron chi connectivity index (χ4n) is 3.48. The van der Waals surface area contributed by atoms with Crippen LogP contribution >= 0.6 is 12.2 Å². The lowest BCUT2D eigenvalue weighted by atomic mass is 9.93. The summed E-state index contributed by atoms with van der Waals surface area (Å²) in [6, 6.07) is 0. The molecule has 0 rings (SSSR count). The zero-order valence-corrected chi connectivity index (χ0v) is 21.7. The van der Waals surface area contributed by atoms with Crippen LogP contribution in [0.4, 0.5) is 0 Å². The number of thiocarbonyl (C=S) groups is 1. The van der Waals surface area contributed by atoms with Crippen molar-refractivity contribution in [2.45, 2.75) is 129 Å². The quantitative estimate of drug-likeness (QED) is 0.0879. The molecule has 0 aromatic rings. The summed E-state index contributed by atoms with van der Waals surface area (Å²) < 4.78 is 0. The van der Waals surface area contributed by atoms with Gasteiger partial charge in [-0.1, -0.05) is 116 Å². The minimum absolute atomic E-state index is 0.182. The lowest BCUT2D eigenvalue weighted by molar-refractivity contribution is -0.0328. The first-order valence-corrected chi connectivity index (χ1v) is 13.6. The average Bonchev–Trinajstić information content (AvgIpc) is 2.80. The molecule has 0 atom stereocenters. The molecule has 0 bridgehead atoms. The molecule has 0 aliphatic carbocycles. The van der Waals surface area contributed by atoms with Gasteiger partial charge in [-0.3, -0.25) is 0 Å². The highest BCUT2D eigenvalue weighted by atomic mass is 32.1. The summed E-state index contributed by atoms with van der Waals surface area (Å²) in [7, 11) is 0. The Bertz CT molecular complexity index is 358. The van der Waals surface area contributed by atoms with E-state index in [1.807, 2.05) is 0 Å². The van der Waals surface area contributed by atoms with Crippen molar-refractivity contribution in [3.05, 3.63) is 0 Å². The van der Waals surface area contributed by atoms with E-state index in [4.69, 9.17) is 25.5 Å². The Morgan fingerprint density at radius 3 is 0.938 bits per heavy atom. The van der Waals surface area contributed by atoms with Gasteiger partial charge in [-0.2, -0.15) is 0 Å². The van der Waals surface area contributed by atoms with E-state index in [0.717, 1.165) is 6.42 Å². The van der Waals surface area contributed by atoms with Crippen LogP contribution < -0.4 is 0 Å². The van der Waals surface area contributed by atoms with Gasteiger partial charge in [0.2, 0.25) is 0 Å². The topological polar surface area (TPSA) is 101 Å². The lowest BCUT2D eigenvalue weighted by Gasteiger charge is -2.23. The van der Waals surface area contributed by atoms with Crippen LogP contribution in [0, 0.1) is 5.41 Å². The van der Waals surface area contributed by atoms with Crippen molar-refractivity contribution in [1.29, 1.82) is 0 Å². The Hall–Kier alpha value is -0.270. The molecule has 6 heteroatoms. The molecular formula is C26H54O5S. The van der Waals surface area contributed by atoms with Gasteiger partial charge in [0.1, 0.15) is 0 Å². The van der Waals surface area contributed by atoms with Crippen LogP contribution in [-0.2, 0) is 0 Å². The van der Waals surface area contributed by atoms with Crippen LogP contribution in [0.25, 0.3) is 0 Å². The monoisotopic (exact) mass is 478 g/mol. The Kier molecular flexibility index (Phi) is 28.6. The van der Waals surface area contributed by atoms with E-state index < -0.39 is 31.8 Å². The van der Waals surface area contributed by atoms with E-state index in [2.05, 4.69) is 19.1 Å². The molecule has 194 valence electrons. The zero-order valence-electron chi connectivity index (χ0n) is 20.9. The minimum Gasteiger partial charge on any atom is -0.502 e. The van der Waals surface area contributed by atoms with Crippen molar-refractivity contribution in [1.82, 2.24) is 0 Å². The van der Waals surface area contributed by atoms with E-state index in [9.17, 15) is 0 Å². The van der Waals surface area contributed by atoms with Crippen molar-refractivity contribution in [3.8, 4) is 0 Å². The smallest absolute Gasteiger partial charge is 0.156 e. The van der Waals surface area contributed by atoms with E-state index in [0.29, 0.717) is 6.42 Å². The number of rotatable bonds is 23. The van der Waals surface area contributed by atoms with Gasteiger partial charge >= 0.3 is 0 Å². The first kappa shape index (κ1) is 33.9. The second-order valence-electron chi connectivity index (χ2n) is 9.29. The van der Waals surface area contributed by atoms with E-state index in [-0.39, 0.29) is 5.05 Å². The fourth-order valence-corrected chi connectivity index (χ4v) is 3.62. The molecule has 0 radical (unpaired) electrons. The molecule has 0 unspecified atom stereocenters. The maximum absolute atomic E-state index is 8.92. The van der Waals surface area contributed by atoms with Crippen molar-refractivity contribution < 1.29 is 25.5 Å². The van der Waals surface area contributed by atoms with Gasteiger partial charge in [-0.15, -0.1) is 0 Å². The van der Waals surface area contributed by atoms with Crippen molar-refractivity contribution in [2.75, 3.05) is 26.4 Å². The van der Waals surface area contributed by atoms with E-state index >= 15 is 0 Å². The second-order valence-corrected chi connectivity index (χ2v) is 9.76. The minimum atomic E-state index is -1.11. The van der Waals surface area contributed by atoms with E-state index in [1.54, 1.807) is 0 Å². The van der Waals surface area contributed by atoms with E-state index in [1.165, 1.54) is 109 Å². The molecule has 0 spiro atoms. The summed E-state index contributed by atoms with van der Waals surface area (Å²) >= 11 is 4.67. The largest absolute Gasteiger partial charge is 0.502 e.